The van der Waals surface area contributed by atoms with Crippen molar-refractivity contribution in [1.29, 1.82) is 0 Å². The van der Waals surface area contributed by atoms with Crippen LogP contribution in [0.25, 0.3) is 0 Å². The van der Waals surface area contributed by atoms with Gasteiger partial charge in [-0.25, -0.2) is 0 Å². The number of hydrogen-bond donors (Lipinski definition) is 2. The van der Waals surface area contributed by atoms with Crippen molar-refractivity contribution in [3.63, 3.8) is 0 Å². The molecule has 4 aliphatic carbocycles. The van der Waals surface area contributed by atoms with E-state index in [4.69, 9.17) is 5.73 Å². The number of fused-ring (bicyclic) bond motifs is 5. The average Bonchev–Trinajstić information content (AvgIpc) is 3.27. The topological polar surface area (TPSA) is 55.1 Å². The number of rotatable bonds is 3. The second-order valence-electron chi connectivity index (χ2n) is 12.7. The molecule has 3 nitrogen and oxygen atoms in total. The third-order valence-corrected chi connectivity index (χ3v) is 10.7. The van der Waals surface area contributed by atoms with Crippen LogP contribution in [0.5, 0.6) is 0 Å². The Morgan fingerprint density at radius 1 is 1.06 bits per heavy atom. The van der Waals surface area contributed by atoms with Gasteiger partial charge in [-0.2, -0.15) is 0 Å². The summed E-state index contributed by atoms with van der Waals surface area (Å²) < 4.78 is 0. The monoisotopic (exact) mass is 436 g/mol. The van der Waals surface area contributed by atoms with Crippen LogP contribution in [0.3, 0.4) is 0 Å². The van der Waals surface area contributed by atoms with E-state index in [-0.39, 0.29) is 5.91 Å². The molecule has 0 spiro atoms. The minimum atomic E-state index is 0.0468. The molecule has 1 heterocycles. The highest BCUT2D eigenvalue weighted by Gasteiger charge is 2.58. The van der Waals surface area contributed by atoms with E-state index in [1.54, 1.807) is 6.08 Å². The van der Waals surface area contributed by atoms with Crippen LogP contribution >= 0.6 is 0 Å². The van der Waals surface area contributed by atoms with Gasteiger partial charge in [-0.15, -0.1) is 0 Å². The predicted octanol–water partition coefficient (Wildman–Crippen LogP) is 6.12. The Kier molecular flexibility index (Phi) is 5.51. The predicted molar refractivity (Wildman–Crippen MR) is 131 cm³/mol. The minimum absolute atomic E-state index is 0.0468. The van der Waals surface area contributed by atoms with Crippen molar-refractivity contribution in [2.45, 2.75) is 92.0 Å². The van der Waals surface area contributed by atoms with E-state index in [2.05, 4.69) is 52.1 Å². The smallest absolute Gasteiger partial charge is 0.248 e. The Bertz CT molecular complexity index is 882. The van der Waals surface area contributed by atoms with Crippen molar-refractivity contribution in [3.05, 3.63) is 35.1 Å². The molecule has 0 bridgehead atoms. The summed E-state index contributed by atoms with van der Waals surface area (Å²) in [6, 6.07) is 0.419. The van der Waals surface area contributed by atoms with E-state index in [0.717, 1.165) is 23.5 Å². The fourth-order valence-electron chi connectivity index (χ4n) is 8.90. The van der Waals surface area contributed by atoms with Gasteiger partial charge in [-0.1, -0.05) is 52.3 Å². The lowest BCUT2D eigenvalue weighted by Crippen LogP contribution is -2.50. The van der Waals surface area contributed by atoms with Gasteiger partial charge in [0.1, 0.15) is 0 Å². The Morgan fingerprint density at radius 3 is 2.53 bits per heavy atom. The highest BCUT2D eigenvalue weighted by Crippen LogP contribution is 2.66. The molecule has 3 fully saturated rings. The Morgan fingerprint density at radius 2 is 1.78 bits per heavy atom. The van der Waals surface area contributed by atoms with Crippen LogP contribution in [-0.2, 0) is 4.79 Å². The lowest BCUT2D eigenvalue weighted by atomic mass is 9.47. The molecule has 0 aromatic heterocycles. The third kappa shape index (κ3) is 3.37. The lowest BCUT2D eigenvalue weighted by molar-refractivity contribution is -0.115. The van der Waals surface area contributed by atoms with Crippen LogP contribution in [0.1, 0.15) is 86.0 Å². The molecule has 0 radical (unpaired) electrons. The maximum atomic E-state index is 12.0. The summed E-state index contributed by atoms with van der Waals surface area (Å²) in [5, 5.41) is 3.12. The van der Waals surface area contributed by atoms with Gasteiger partial charge >= 0.3 is 0 Å². The van der Waals surface area contributed by atoms with Crippen LogP contribution < -0.4 is 11.1 Å². The second-order valence-corrected chi connectivity index (χ2v) is 12.7. The SMILES string of the molecule is CC(C)C1=CC(=O)NC1=C[C@@H](C)[C@H]1CC[C@H]2C3=CC[C@H]4C[C@H](N)CC[C@]4(C)[C@H]3CC[C@]12C. The molecule has 3 heteroatoms. The van der Waals surface area contributed by atoms with Crippen molar-refractivity contribution in [1.82, 2.24) is 5.32 Å². The number of carbonyl (C=O) groups excluding carboxylic acids is 1. The van der Waals surface area contributed by atoms with Gasteiger partial charge in [0, 0.05) is 17.8 Å². The molecule has 32 heavy (non-hydrogen) atoms. The molecule has 0 aromatic rings. The molecule has 1 aliphatic heterocycles. The van der Waals surface area contributed by atoms with Crippen LogP contribution in [-0.4, -0.2) is 11.9 Å². The molecule has 1 amide bonds. The highest BCUT2D eigenvalue weighted by molar-refractivity contribution is 5.94. The second kappa shape index (κ2) is 7.86. The molecule has 3 saturated carbocycles. The first-order valence-electron chi connectivity index (χ1n) is 13.3. The van der Waals surface area contributed by atoms with Crippen LogP contribution in [0.2, 0.25) is 0 Å². The Balaban J connectivity index is 1.39. The standard InChI is InChI=1S/C29H44N2O/c1-17(2)22-16-27(32)31-26(22)14-18(3)23-8-9-24-21-7-6-19-15-20(30)10-12-28(19,4)25(21)11-13-29(23,24)5/h7,14,16-20,23-25H,6,8-13,15,30H2,1-5H3,(H,31,32)/t18-,19+,20-,23-,24+,25+,28+,29-/m1/s1. The first-order valence-corrected chi connectivity index (χ1v) is 13.3. The van der Waals surface area contributed by atoms with Crippen LogP contribution in [0.4, 0.5) is 0 Å². The fourth-order valence-corrected chi connectivity index (χ4v) is 8.90. The van der Waals surface area contributed by atoms with Crippen LogP contribution in [0.15, 0.2) is 35.1 Å². The first kappa shape index (κ1) is 22.4. The first-order chi connectivity index (χ1) is 15.1. The van der Waals surface area contributed by atoms with Gasteiger partial charge in [-0.3, -0.25) is 4.79 Å². The van der Waals surface area contributed by atoms with Crippen molar-refractivity contribution >= 4 is 5.91 Å². The summed E-state index contributed by atoms with van der Waals surface area (Å²) in [4.78, 5) is 12.0. The average molecular weight is 437 g/mol. The van der Waals surface area contributed by atoms with Gasteiger partial charge in [-0.05, 0) is 103 Å². The summed E-state index contributed by atoms with van der Waals surface area (Å²) in [5.41, 5.74) is 11.3. The number of allylic oxidation sites excluding steroid dienone is 4. The number of nitrogens with one attached hydrogen (secondary N) is 1. The van der Waals surface area contributed by atoms with Crippen molar-refractivity contribution in [3.8, 4) is 0 Å². The zero-order chi connectivity index (χ0) is 22.8. The van der Waals surface area contributed by atoms with Gasteiger partial charge in [0.15, 0.2) is 0 Å². The van der Waals surface area contributed by atoms with E-state index >= 15 is 0 Å². The van der Waals surface area contributed by atoms with Gasteiger partial charge in [0.25, 0.3) is 0 Å². The van der Waals surface area contributed by atoms with Crippen molar-refractivity contribution in [2.75, 3.05) is 0 Å². The molecular formula is C29H44N2O. The molecule has 0 saturated heterocycles. The highest BCUT2D eigenvalue weighted by atomic mass is 16.1. The molecule has 0 unspecified atom stereocenters. The summed E-state index contributed by atoms with van der Waals surface area (Å²) in [5.74, 6) is 3.92. The molecule has 5 rings (SSSR count). The minimum Gasteiger partial charge on any atom is -0.328 e. The van der Waals surface area contributed by atoms with E-state index in [1.807, 2.05) is 5.57 Å². The maximum Gasteiger partial charge on any atom is 0.248 e. The van der Waals surface area contributed by atoms with E-state index in [9.17, 15) is 4.79 Å². The van der Waals surface area contributed by atoms with Crippen molar-refractivity contribution < 1.29 is 4.79 Å². The number of nitrogens with two attached hydrogens (primary N) is 1. The number of hydrogen-bond acceptors (Lipinski definition) is 2. The fraction of sp³-hybridized carbons (Fsp3) is 0.759. The van der Waals surface area contributed by atoms with Gasteiger partial charge in [0.05, 0.1) is 0 Å². The molecule has 176 valence electrons. The maximum absolute atomic E-state index is 12.0. The third-order valence-electron chi connectivity index (χ3n) is 10.7. The molecule has 8 atom stereocenters. The number of carbonyl (C=O) groups is 1. The van der Waals surface area contributed by atoms with Crippen molar-refractivity contribution in [2.24, 2.45) is 52.1 Å². The largest absolute Gasteiger partial charge is 0.328 e. The quantitative estimate of drug-likeness (QED) is 0.523. The Hall–Kier alpha value is -1.35. The molecule has 5 aliphatic rings. The van der Waals surface area contributed by atoms with Crippen LogP contribution in [0, 0.1) is 46.3 Å². The van der Waals surface area contributed by atoms with E-state index in [1.165, 1.54) is 56.9 Å². The van der Waals surface area contributed by atoms with Gasteiger partial charge in [0.2, 0.25) is 5.91 Å². The normalized spacial score (nSPS) is 45.7. The molecule has 3 N–H and O–H groups in total. The zero-order valence-electron chi connectivity index (χ0n) is 20.9. The lowest BCUT2D eigenvalue weighted by Gasteiger charge is -2.58. The molecular weight excluding hydrogens is 392 g/mol. The summed E-state index contributed by atoms with van der Waals surface area (Å²) in [7, 11) is 0. The zero-order valence-corrected chi connectivity index (χ0v) is 20.9. The summed E-state index contributed by atoms with van der Waals surface area (Å²) in [6.07, 6.45) is 17.2. The summed E-state index contributed by atoms with van der Waals surface area (Å²) in [6.45, 7) is 12.0. The Labute approximate surface area is 195 Å². The number of amides is 1. The molecule has 0 aromatic carbocycles. The summed E-state index contributed by atoms with van der Waals surface area (Å²) >= 11 is 0. The van der Waals surface area contributed by atoms with E-state index < -0.39 is 0 Å². The van der Waals surface area contributed by atoms with Gasteiger partial charge < -0.3 is 11.1 Å². The van der Waals surface area contributed by atoms with E-state index in [0.29, 0.717) is 34.6 Å².